The Morgan fingerprint density at radius 3 is 1.68 bits per heavy atom. The zero-order chi connectivity index (χ0) is 80.7. The van der Waals surface area contributed by atoms with E-state index in [9.17, 15) is 60.3 Å². The van der Waals surface area contributed by atoms with E-state index in [-0.39, 0.29) is 103 Å². The van der Waals surface area contributed by atoms with Crippen molar-refractivity contribution in [1.82, 2.24) is 53.2 Å². The number of hydrogen-bond acceptors (Lipinski definition) is 23. The van der Waals surface area contributed by atoms with E-state index in [0.29, 0.717) is 23.7 Å². The predicted molar refractivity (Wildman–Crippen MR) is 403 cm³/mol. The van der Waals surface area contributed by atoms with Gasteiger partial charge in [-0.1, -0.05) is 55.2 Å². The third-order valence-electron chi connectivity index (χ3n) is 24.7. The number of likely N-dealkylation sites (N-methyl/N-ethyl adjacent to an activating group) is 1. The fourth-order valence-electron chi connectivity index (χ4n) is 19.7. The first-order chi connectivity index (χ1) is 54.4. The fraction of sp³-hybridized carbons (Fsp3) is 0.512. The molecule has 3 unspecified atom stereocenters. The largest absolute Gasteiger partial charge is 0.508 e. The van der Waals surface area contributed by atoms with Gasteiger partial charge in [0.15, 0.2) is 11.5 Å². The minimum absolute atomic E-state index is 0.0749. The molecule has 0 radical (unpaired) electrons. The monoisotopic (exact) mass is 1610 g/mol. The van der Waals surface area contributed by atoms with Crippen LogP contribution in [-0.4, -0.2) is 180 Å². The van der Waals surface area contributed by atoms with Gasteiger partial charge in [0.05, 0.1) is 29.1 Å². The Bertz CT molecular complexity index is 4610. The molecule has 34 heteroatoms. The highest BCUT2D eigenvalue weighted by Crippen LogP contribution is 2.56. The fourth-order valence-corrected chi connectivity index (χ4v) is 20.1. The van der Waals surface area contributed by atoms with Gasteiger partial charge < -0.3 is 113 Å². The molecule has 0 spiro atoms. The van der Waals surface area contributed by atoms with Crippen LogP contribution in [0.5, 0.6) is 46.0 Å². The van der Waals surface area contributed by atoms with Crippen LogP contribution in [0.2, 0.25) is 10.0 Å². The number of aliphatic hydroxyl groups excluding tert-OH is 6. The summed E-state index contributed by atoms with van der Waals surface area (Å²) in [7, 11) is 1.49. The highest BCUT2D eigenvalue weighted by atomic mass is 35.5. The number of urea groups is 1. The Hall–Kier alpha value is -9.61. The molecule has 6 heterocycles. The van der Waals surface area contributed by atoms with Gasteiger partial charge in [-0.2, -0.15) is 0 Å². The van der Waals surface area contributed by atoms with Crippen molar-refractivity contribution < 1.29 is 108 Å². The van der Waals surface area contributed by atoms with Gasteiger partial charge in [0, 0.05) is 29.3 Å². The zero-order valence-electron chi connectivity index (χ0n) is 62.2. The molecule has 19 N–H and O–H groups in total. The standard InChI is InChI=1S/C80H92Cl2N10O22/c1-30(2)10-48(83-3)72(103)90-64-66(98)36-5-8-52(46(81)22-36)111-54-24-42-25-55(71(54)114-79-70(102)69(101)68(100)56(29-93)113-79)112-53-9-6-37(23-47(53)82)67(99)65-78(109)89-63(76(107)86-59-38-13-31-11-32(15-38)16-39(59)14-31)45-26-43(94)27-51(96)58(45)44-21-35(4-7-50(44)95)61(74(105)91-65)88-75(106)62(42)87-73(104)49(84-77(64)108)28-57(97)85-80(110)92-60-40-17-33-12-34(19-40)20-41(60)18-33/h4-9,21-27,30-34,38-41,48-49,56,59-70,79,83,93-96,98-102H,10-20,28-29H2,1-3H3,(H,84,108)(H,86,107)(H,87,104)(H,88,106)(H,89,109)(H,90,103)(H,91,105)(H2,85,92,97,110)/t31?,32?,33?,34?,38?,39?,40?,41?,48-,49?,56-,59?,60?,61-,62?,63-,64?,65+,66-,67-,68-,69+,70-,79-/m1/s1. The van der Waals surface area contributed by atoms with Crippen molar-refractivity contribution in [2.75, 3.05) is 13.7 Å². The Morgan fingerprint density at radius 1 is 0.561 bits per heavy atom. The molecule has 14 atom stereocenters. The molecule has 6 aliphatic heterocycles. The van der Waals surface area contributed by atoms with Crippen molar-refractivity contribution in [3.05, 3.63) is 117 Å². The Balaban J connectivity index is 0.894. The van der Waals surface area contributed by atoms with E-state index in [2.05, 4.69) is 53.2 Å². The van der Waals surface area contributed by atoms with Crippen LogP contribution in [-0.2, 0) is 43.1 Å². The molecular formula is C80H92Cl2N10O22. The molecule has 608 valence electrons. The lowest BCUT2D eigenvalue weighted by molar-refractivity contribution is -0.277. The molecule has 1 saturated heterocycles. The molecule has 0 aromatic heterocycles. The molecule has 19 rings (SSSR count). The number of fused-ring (bicyclic) bond motifs is 15. The van der Waals surface area contributed by atoms with E-state index < -0.39 is 192 Å². The van der Waals surface area contributed by atoms with Crippen LogP contribution in [0.4, 0.5) is 4.79 Å². The molecule has 9 fully saturated rings. The van der Waals surface area contributed by atoms with E-state index in [4.69, 9.17) is 42.1 Å². The number of benzene rings is 5. The summed E-state index contributed by atoms with van der Waals surface area (Å²) in [5.41, 5.74) is -2.08. The summed E-state index contributed by atoms with van der Waals surface area (Å²) in [6.45, 7) is 2.72. The maximum absolute atomic E-state index is 16.4. The van der Waals surface area contributed by atoms with E-state index in [1.807, 2.05) is 13.8 Å². The number of rotatable bonds is 13. The van der Waals surface area contributed by atoms with Crippen molar-refractivity contribution in [1.29, 1.82) is 0 Å². The lowest BCUT2D eigenvalue weighted by Crippen LogP contribution is -2.60. The Morgan fingerprint density at radius 2 is 1.11 bits per heavy atom. The summed E-state index contributed by atoms with van der Waals surface area (Å²) >= 11 is 14.3. The van der Waals surface area contributed by atoms with Crippen molar-refractivity contribution in [2.24, 2.45) is 53.3 Å². The number of phenolic OH excluding ortho intramolecular Hbond substituents is 3. The zero-order valence-corrected chi connectivity index (χ0v) is 63.7. The van der Waals surface area contributed by atoms with Crippen LogP contribution in [0.1, 0.15) is 149 Å². The van der Waals surface area contributed by atoms with Crippen LogP contribution < -0.4 is 67.4 Å². The van der Waals surface area contributed by atoms with Crippen LogP contribution in [0.15, 0.2) is 78.9 Å². The maximum Gasteiger partial charge on any atom is 0.321 e. The minimum Gasteiger partial charge on any atom is -0.508 e. The van der Waals surface area contributed by atoms with Gasteiger partial charge in [-0.25, -0.2) is 4.79 Å². The second kappa shape index (κ2) is 32.2. The molecule has 14 aliphatic rings. The molecule has 8 saturated carbocycles. The van der Waals surface area contributed by atoms with E-state index >= 15 is 28.8 Å². The normalized spacial score (nSPS) is 32.9. The summed E-state index contributed by atoms with van der Waals surface area (Å²) in [4.78, 5) is 138. The molecule has 114 heavy (non-hydrogen) atoms. The van der Waals surface area contributed by atoms with Crippen molar-refractivity contribution in [2.45, 2.75) is 188 Å². The number of amides is 10. The van der Waals surface area contributed by atoms with Gasteiger partial charge in [-0.15, -0.1) is 0 Å². The second-order valence-electron chi connectivity index (χ2n) is 32.8. The van der Waals surface area contributed by atoms with Gasteiger partial charge in [-0.05, 0) is 213 Å². The maximum atomic E-state index is 16.4. The van der Waals surface area contributed by atoms with Gasteiger partial charge in [-0.3, -0.25) is 43.7 Å². The number of ether oxygens (including phenoxy) is 4. The summed E-state index contributed by atoms with van der Waals surface area (Å²) in [5, 5.41) is 131. The summed E-state index contributed by atoms with van der Waals surface area (Å²) in [5.74, 6) is -11.8. The van der Waals surface area contributed by atoms with Gasteiger partial charge in [0.25, 0.3) is 0 Å². The average Bonchev–Trinajstić information content (AvgIpc) is 0.777. The van der Waals surface area contributed by atoms with Crippen molar-refractivity contribution >= 4 is 76.5 Å². The molecule has 8 aliphatic carbocycles. The summed E-state index contributed by atoms with van der Waals surface area (Å²) in [6, 6.07) is -0.879. The molecule has 5 aromatic rings. The van der Waals surface area contributed by atoms with Gasteiger partial charge in [0.2, 0.25) is 59.3 Å². The smallest absolute Gasteiger partial charge is 0.321 e. The molecule has 32 nitrogen and oxygen atoms in total. The molecule has 10 amide bonds. The van der Waals surface area contributed by atoms with Crippen LogP contribution in [0.25, 0.3) is 11.1 Å². The molecular weight excluding hydrogens is 1520 g/mol. The number of halogens is 2. The number of phenols is 3. The van der Waals surface area contributed by atoms with E-state index in [0.717, 1.165) is 119 Å². The first kappa shape index (κ1) is 79.6. The average molecular weight is 1620 g/mol. The van der Waals surface area contributed by atoms with Crippen LogP contribution in [0.3, 0.4) is 0 Å². The third kappa shape index (κ3) is 15.9. The first-order valence-corrected chi connectivity index (χ1v) is 39.5. The topological polar surface area (TPSA) is 493 Å². The number of nitrogens with one attached hydrogen (secondary N) is 10. The van der Waals surface area contributed by atoms with Crippen molar-refractivity contribution in [3.63, 3.8) is 0 Å². The minimum atomic E-state index is -2.35. The second-order valence-corrected chi connectivity index (χ2v) is 33.6. The van der Waals surface area contributed by atoms with Gasteiger partial charge in [0.1, 0.15) is 102 Å². The highest BCUT2D eigenvalue weighted by Gasteiger charge is 2.53. The highest BCUT2D eigenvalue weighted by molar-refractivity contribution is 6.32. The SMILES string of the molecule is CN[C@H](CC(C)C)C(=O)NC1C(=O)NC(CC(=O)NC(=O)NC2C3CC4CC(C3)CC2C4)C(=O)NC2C(=O)N[C@H]3C(=O)N[C@H](C(=O)N[C@@H](C(=O)NC4C5CC6CC(C5)CC4C6)c4cc(O)cc(O)c4-c4cc3ccc4O)[C@H](O)c3ccc(c(Cl)c3)Oc3cc2cc(c3O[C@H]2O[C@H](CO)[C@@H](O)[C@H](O)[C@H]2O)Oc2ccc(cc2Cl)[C@H]1O. The predicted octanol–water partition coefficient (Wildman–Crippen LogP) is 3.89. The number of aromatic hydroxyl groups is 3. The molecule has 19 bridgehead atoms. The molecule has 5 aromatic carbocycles. The number of hydrogen-bond donors (Lipinski definition) is 19. The summed E-state index contributed by atoms with van der Waals surface area (Å²) in [6.07, 6.45) is -5.92. The van der Waals surface area contributed by atoms with Crippen LogP contribution >= 0.6 is 23.2 Å². The number of carbonyl (C=O) groups excluding carboxylic acids is 9. The third-order valence-corrected chi connectivity index (χ3v) is 25.3. The number of imide groups is 1. The number of carbonyl (C=O) groups is 9. The Kier molecular flexibility index (Phi) is 22.5. The Labute approximate surface area is 663 Å². The first-order valence-electron chi connectivity index (χ1n) is 38.7. The lowest BCUT2D eigenvalue weighted by Gasteiger charge is -2.54. The van der Waals surface area contributed by atoms with E-state index in [1.165, 1.54) is 31.3 Å². The quantitative estimate of drug-likeness (QED) is 0.0795. The lowest BCUT2D eigenvalue weighted by atomic mass is 9.54. The van der Waals surface area contributed by atoms with Gasteiger partial charge >= 0.3 is 6.03 Å². The van der Waals surface area contributed by atoms with E-state index in [1.54, 1.807) is 0 Å². The van der Waals surface area contributed by atoms with Crippen molar-refractivity contribution in [3.8, 4) is 57.1 Å². The number of aliphatic hydroxyl groups is 6. The summed E-state index contributed by atoms with van der Waals surface area (Å²) < 4.78 is 25.5. The van der Waals surface area contributed by atoms with Crippen LogP contribution in [0, 0.1) is 53.3 Å².